The van der Waals surface area contributed by atoms with Gasteiger partial charge < -0.3 is 9.47 Å². The van der Waals surface area contributed by atoms with Crippen molar-refractivity contribution in [2.45, 2.75) is 25.5 Å². The third-order valence-corrected chi connectivity index (χ3v) is 6.02. The molecule has 2 heterocycles. The molecule has 1 aromatic heterocycles. The Labute approximate surface area is 204 Å². The lowest BCUT2D eigenvalue weighted by Gasteiger charge is -2.23. The molecule has 0 spiro atoms. The number of azide groups is 1. The van der Waals surface area contributed by atoms with E-state index in [4.69, 9.17) is 20.3 Å². The minimum Gasteiger partial charge on any atom is -0.492 e. The van der Waals surface area contributed by atoms with Crippen molar-refractivity contribution in [1.82, 2.24) is 4.98 Å². The number of rotatable bonds is 7. The third kappa shape index (κ3) is 5.34. The van der Waals surface area contributed by atoms with Gasteiger partial charge in [-0.25, -0.2) is 9.65 Å². The number of ether oxygens (including phenoxy) is 2. The smallest absolute Gasteiger partial charge is 0.272 e. The first-order valence-electron chi connectivity index (χ1n) is 11.1. The Morgan fingerprint density at radius 2 is 2.06 bits per heavy atom. The highest BCUT2D eigenvalue weighted by molar-refractivity contribution is 6.67. The summed E-state index contributed by atoms with van der Waals surface area (Å²) in [5, 5.41) is 23.4. The van der Waals surface area contributed by atoms with Gasteiger partial charge in [0.1, 0.15) is 11.5 Å². The molecule has 0 N–H and O–H groups in total. The van der Waals surface area contributed by atoms with Crippen molar-refractivity contribution >= 4 is 29.2 Å². The molecule has 11 nitrogen and oxygen atoms in total. The number of pyridine rings is 1. The van der Waals surface area contributed by atoms with E-state index in [9.17, 15) is 19.3 Å². The summed E-state index contributed by atoms with van der Waals surface area (Å²) in [4.78, 5) is 29.5. The van der Waals surface area contributed by atoms with Crippen LogP contribution in [0.5, 0.6) is 17.2 Å². The molecule has 180 valence electrons. The maximum atomic E-state index is 14.4. The fraction of sp³-hybridized carbons (Fsp3) is 0.261. The zero-order valence-electron chi connectivity index (χ0n) is 18.8. The number of nitro benzene ring substituents is 1. The van der Waals surface area contributed by atoms with Crippen LogP contribution >= 0.6 is 0 Å². The number of amides is 1. The fourth-order valence-corrected chi connectivity index (χ4v) is 4.09. The van der Waals surface area contributed by atoms with E-state index in [0.717, 1.165) is 43.7 Å². The standard InChI is InChI=1S/C23H18BFN6O5/c25-18-9-15(31(33)34)1-2-21(18)36-20-5-8-28-19-11-22(17(10-16(19)20)23(32)29-30-27)35-12-14-3-6-24(13-26)7-4-14/h1-2,5,8-11,14H,3-4,6-7,12H2. The normalized spacial score (nSPS) is 13.5. The predicted molar refractivity (Wildman–Crippen MR) is 128 cm³/mol. The van der Waals surface area contributed by atoms with Gasteiger partial charge in [-0.15, -0.1) is 0 Å². The lowest BCUT2D eigenvalue weighted by Crippen LogP contribution is -2.24. The number of carbonyl (C=O) groups is 1. The molecule has 13 heteroatoms. The van der Waals surface area contributed by atoms with Gasteiger partial charge in [-0.3, -0.25) is 19.9 Å². The minimum atomic E-state index is -0.939. The SMILES string of the molecule is N#CB1CCC(COc2cc3nccc(Oc4ccc([N+](=O)[O-])cc4F)c3cc2C(=O)N=[N+]=[N-])CC1. The minimum absolute atomic E-state index is 0.0203. The summed E-state index contributed by atoms with van der Waals surface area (Å²) in [6.45, 7) is 0.358. The number of halogens is 1. The first kappa shape index (κ1) is 24.4. The predicted octanol–water partition coefficient (Wildman–Crippen LogP) is 5.87. The van der Waals surface area contributed by atoms with Gasteiger partial charge in [0.25, 0.3) is 18.3 Å². The molecule has 1 aliphatic rings. The number of aromatic nitrogens is 1. The molecule has 1 saturated heterocycles. The largest absolute Gasteiger partial charge is 0.492 e. The Morgan fingerprint density at radius 3 is 2.72 bits per heavy atom. The van der Waals surface area contributed by atoms with Gasteiger partial charge in [-0.2, -0.15) is 0 Å². The Hall–Kier alpha value is -4.69. The monoisotopic (exact) mass is 488 g/mol. The van der Waals surface area contributed by atoms with Gasteiger partial charge in [0.2, 0.25) is 0 Å². The fourth-order valence-electron chi connectivity index (χ4n) is 4.09. The number of fused-ring (bicyclic) bond motifs is 1. The zero-order valence-corrected chi connectivity index (χ0v) is 18.8. The number of nitriles is 1. The van der Waals surface area contributed by atoms with E-state index in [2.05, 4.69) is 21.0 Å². The Bertz CT molecular complexity index is 1430. The maximum absolute atomic E-state index is 14.4. The van der Waals surface area contributed by atoms with E-state index in [1.807, 2.05) is 0 Å². The molecule has 1 fully saturated rings. The highest BCUT2D eigenvalue weighted by Crippen LogP contribution is 2.36. The van der Waals surface area contributed by atoms with E-state index in [-0.39, 0.29) is 35.4 Å². The summed E-state index contributed by atoms with van der Waals surface area (Å²) >= 11 is 0. The van der Waals surface area contributed by atoms with Crippen LogP contribution < -0.4 is 9.47 Å². The van der Waals surface area contributed by atoms with Gasteiger partial charge in [0, 0.05) is 34.6 Å². The van der Waals surface area contributed by atoms with Crippen molar-refractivity contribution in [1.29, 1.82) is 5.26 Å². The molecule has 2 aromatic carbocycles. The van der Waals surface area contributed by atoms with Gasteiger partial charge in [-0.05, 0) is 34.8 Å². The number of hydrogen-bond donors (Lipinski definition) is 0. The molecule has 36 heavy (non-hydrogen) atoms. The summed E-state index contributed by atoms with van der Waals surface area (Å²) in [5.41, 5.74) is 8.69. The average Bonchev–Trinajstić information content (AvgIpc) is 2.88. The number of non-ortho nitro benzene ring substituents is 1. The molecular formula is C23H18BFN6O5. The molecule has 0 saturated carbocycles. The lowest BCUT2D eigenvalue weighted by atomic mass is 9.42. The van der Waals surface area contributed by atoms with Crippen LogP contribution in [0.25, 0.3) is 21.3 Å². The Morgan fingerprint density at radius 1 is 1.28 bits per heavy atom. The summed E-state index contributed by atoms with van der Waals surface area (Å²) in [5.74, 6) is 0.722. The molecule has 3 aromatic rings. The number of hydrogen-bond acceptors (Lipinski definition) is 7. The van der Waals surface area contributed by atoms with E-state index >= 15 is 0 Å². The van der Waals surface area contributed by atoms with Crippen molar-refractivity contribution in [2.24, 2.45) is 11.0 Å². The van der Waals surface area contributed by atoms with Crippen molar-refractivity contribution in [3.8, 4) is 23.2 Å². The first-order chi connectivity index (χ1) is 17.4. The summed E-state index contributed by atoms with van der Waals surface area (Å²) < 4.78 is 26.0. The lowest BCUT2D eigenvalue weighted by molar-refractivity contribution is -0.385. The van der Waals surface area contributed by atoms with Crippen molar-refractivity contribution in [2.75, 3.05) is 6.61 Å². The summed E-state index contributed by atoms with van der Waals surface area (Å²) in [6, 6.07) is 7.32. The molecule has 0 bridgehead atoms. The second-order valence-electron chi connectivity index (χ2n) is 8.30. The maximum Gasteiger partial charge on any atom is 0.272 e. The van der Waals surface area contributed by atoms with Gasteiger partial charge >= 0.3 is 0 Å². The van der Waals surface area contributed by atoms with Crippen molar-refractivity contribution in [3.05, 3.63) is 74.5 Å². The summed E-state index contributed by atoms with van der Waals surface area (Å²) in [7, 11) is 0. The number of carbonyl (C=O) groups excluding carboxylic acids is 1. The van der Waals surface area contributed by atoms with Crippen LogP contribution in [-0.2, 0) is 0 Å². The molecule has 1 aliphatic heterocycles. The molecule has 4 rings (SSSR count). The highest BCUT2D eigenvalue weighted by atomic mass is 19.1. The Kier molecular flexibility index (Phi) is 7.27. The van der Waals surface area contributed by atoms with Crippen molar-refractivity contribution < 1.29 is 23.6 Å². The summed E-state index contributed by atoms with van der Waals surface area (Å²) in [6.07, 6.45) is 4.64. The van der Waals surface area contributed by atoms with E-state index in [1.54, 1.807) is 0 Å². The number of benzene rings is 2. The van der Waals surface area contributed by atoms with Gasteiger partial charge in [-0.1, -0.05) is 25.5 Å². The van der Waals surface area contributed by atoms with Gasteiger partial charge in [0.15, 0.2) is 11.6 Å². The van der Waals surface area contributed by atoms with Crippen LogP contribution in [0.2, 0.25) is 12.6 Å². The zero-order chi connectivity index (χ0) is 25.7. The van der Waals surface area contributed by atoms with E-state index in [0.29, 0.717) is 17.5 Å². The van der Waals surface area contributed by atoms with Gasteiger partial charge in [0.05, 0.1) is 28.7 Å². The van der Waals surface area contributed by atoms with E-state index < -0.39 is 22.3 Å². The van der Waals surface area contributed by atoms with Crippen LogP contribution in [0.3, 0.4) is 0 Å². The topological polar surface area (TPSA) is 164 Å². The second kappa shape index (κ2) is 10.7. The molecule has 0 unspecified atom stereocenters. The molecule has 0 atom stereocenters. The van der Waals surface area contributed by atoms with Crippen LogP contribution in [0.1, 0.15) is 23.2 Å². The first-order valence-corrected chi connectivity index (χ1v) is 11.1. The Balaban J connectivity index is 1.66. The molecule has 0 aliphatic carbocycles. The third-order valence-electron chi connectivity index (χ3n) is 6.02. The number of nitro groups is 1. The highest BCUT2D eigenvalue weighted by Gasteiger charge is 2.25. The van der Waals surface area contributed by atoms with Crippen LogP contribution in [-0.4, -0.2) is 29.1 Å². The van der Waals surface area contributed by atoms with Crippen LogP contribution in [0, 0.1) is 33.1 Å². The second-order valence-corrected chi connectivity index (χ2v) is 8.30. The molecular weight excluding hydrogens is 470 g/mol. The van der Waals surface area contributed by atoms with Crippen molar-refractivity contribution in [3.63, 3.8) is 0 Å². The average molecular weight is 488 g/mol. The van der Waals surface area contributed by atoms with E-state index in [1.165, 1.54) is 24.4 Å². The molecule has 1 amide bonds. The van der Waals surface area contributed by atoms with Crippen LogP contribution in [0.15, 0.2) is 47.7 Å². The van der Waals surface area contributed by atoms with Crippen LogP contribution in [0.4, 0.5) is 10.1 Å². The quantitative estimate of drug-likeness (QED) is 0.100. The number of nitrogens with zero attached hydrogens (tertiary/aromatic N) is 6. The molecule has 0 radical (unpaired) electrons.